The normalized spacial score (nSPS) is 17.3. The van der Waals surface area contributed by atoms with Gasteiger partial charge in [-0.15, -0.1) is 0 Å². The smallest absolute Gasteiger partial charge is 0.428 e. The number of benzene rings is 2. The van der Waals surface area contributed by atoms with Crippen LogP contribution in [0, 0.1) is 11.8 Å². The Labute approximate surface area is 445 Å². The minimum Gasteiger partial charge on any atom is -0.491 e. The number of carbonyl (C=O) groups excluding carboxylic acids is 9. The van der Waals surface area contributed by atoms with E-state index in [1.807, 2.05) is 5.48 Å². The molecule has 3 rings (SSSR count). The van der Waals surface area contributed by atoms with Crippen molar-refractivity contribution < 1.29 is 71.7 Å². The van der Waals surface area contributed by atoms with Gasteiger partial charge < -0.3 is 66.6 Å². The van der Waals surface area contributed by atoms with E-state index in [0.29, 0.717) is 28.0 Å². The Balaban J connectivity index is 2.17. The van der Waals surface area contributed by atoms with Crippen molar-refractivity contribution in [3.63, 3.8) is 0 Å². The lowest BCUT2D eigenvalue weighted by Crippen LogP contribution is -2.48. The van der Waals surface area contributed by atoms with Gasteiger partial charge in [0.2, 0.25) is 11.8 Å². The third-order valence-corrected chi connectivity index (χ3v) is 11.4. The molecule has 0 spiro atoms. The second-order valence-corrected chi connectivity index (χ2v) is 21.7. The predicted molar refractivity (Wildman–Crippen MR) is 280 cm³/mol. The SMILES string of the molecule is CC(CC[C@@H]1C(=O)N[C@@H](C)C(=O)CC[C@H](C(=O)N[C@@H](C)C(=O)NOC(N)=O)Cc2ccc(OCCNC(=O)OC(C)(C)C)c(c2)-c2cc1ccc2OCCNC(=O)OC(C)(C)C)C(=O)[C@@H](N)CCNC(=O)OC(C)(C)C. The maximum atomic E-state index is 14.6. The van der Waals surface area contributed by atoms with E-state index in [1.165, 1.54) is 13.8 Å². The molecular weight excluding hydrogens is 989 g/mol. The number of fused-ring (bicyclic) bond motifs is 5. The minimum absolute atomic E-state index is 0.0235. The maximum absolute atomic E-state index is 14.6. The molecule has 0 radical (unpaired) electrons. The van der Waals surface area contributed by atoms with Crippen molar-refractivity contribution in [1.29, 1.82) is 0 Å². The number of alkyl carbamates (subject to hydrolysis) is 3. The average molecular weight is 1070 g/mol. The van der Waals surface area contributed by atoms with Crippen molar-refractivity contribution in [2.24, 2.45) is 23.3 Å². The van der Waals surface area contributed by atoms with Crippen LogP contribution in [0.5, 0.6) is 11.5 Å². The van der Waals surface area contributed by atoms with Crippen LogP contribution < -0.4 is 53.0 Å². The highest BCUT2D eigenvalue weighted by Gasteiger charge is 2.32. The Morgan fingerprint density at radius 2 is 1.24 bits per heavy atom. The van der Waals surface area contributed by atoms with Gasteiger partial charge in [-0.3, -0.25) is 24.0 Å². The van der Waals surface area contributed by atoms with Crippen LogP contribution in [0.3, 0.4) is 0 Å². The van der Waals surface area contributed by atoms with Crippen molar-refractivity contribution in [3.8, 4) is 22.6 Å². The van der Waals surface area contributed by atoms with Crippen LogP contribution in [0.15, 0.2) is 36.4 Å². The van der Waals surface area contributed by atoms with Crippen molar-refractivity contribution >= 4 is 53.7 Å². The van der Waals surface area contributed by atoms with E-state index in [2.05, 4.69) is 31.4 Å². The van der Waals surface area contributed by atoms with Crippen LogP contribution in [-0.2, 0) is 49.4 Å². The molecule has 0 fully saturated rings. The van der Waals surface area contributed by atoms with E-state index in [-0.39, 0.29) is 88.7 Å². The molecular formula is C53H80N8O15. The molecule has 4 bridgehead atoms. The molecule has 1 unspecified atom stereocenters. The number of nitrogens with two attached hydrogens (primary N) is 2. The third-order valence-electron chi connectivity index (χ3n) is 11.4. The Morgan fingerprint density at radius 1 is 0.724 bits per heavy atom. The maximum Gasteiger partial charge on any atom is 0.428 e. The molecule has 2 aromatic rings. The first kappa shape index (κ1) is 63.1. The molecule has 6 atom stereocenters. The minimum atomic E-state index is -1.27. The summed E-state index contributed by atoms with van der Waals surface area (Å²) in [5.41, 5.74) is 12.8. The number of nitrogens with one attached hydrogen (secondary N) is 6. The van der Waals surface area contributed by atoms with Gasteiger partial charge in [0.25, 0.3) is 5.91 Å². The lowest BCUT2D eigenvalue weighted by Gasteiger charge is -2.24. The summed E-state index contributed by atoms with van der Waals surface area (Å²) in [6.07, 6.45) is -2.96. The van der Waals surface area contributed by atoms with E-state index < -0.39 is 94.8 Å². The first-order valence-electron chi connectivity index (χ1n) is 25.4. The van der Waals surface area contributed by atoms with Gasteiger partial charge in [-0.1, -0.05) is 19.1 Å². The molecule has 23 heteroatoms. The zero-order valence-corrected chi connectivity index (χ0v) is 46.0. The summed E-state index contributed by atoms with van der Waals surface area (Å²) in [6, 6.07) is 7.05. The van der Waals surface area contributed by atoms with E-state index in [9.17, 15) is 43.2 Å². The molecule has 76 heavy (non-hydrogen) atoms. The number of primary amides is 1. The topological polar surface area (TPSA) is 333 Å². The number of hydrogen-bond acceptors (Lipinski definition) is 16. The molecule has 23 nitrogen and oxygen atoms in total. The van der Waals surface area contributed by atoms with Crippen molar-refractivity contribution in [1.82, 2.24) is 32.1 Å². The molecule has 422 valence electrons. The molecule has 0 saturated heterocycles. The highest BCUT2D eigenvalue weighted by atomic mass is 16.7. The van der Waals surface area contributed by atoms with Gasteiger partial charge in [0, 0.05) is 35.9 Å². The van der Waals surface area contributed by atoms with E-state index in [4.69, 9.17) is 35.2 Å². The standard InChI is InChI=1S/C53H80N8O15/c1-30(43(63)39(54)21-22-56-48(68)73-51(4,5)6)13-17-36-34-16-20-42(72-26-24-58-50(70)75-53(10,11)12)38(29-34)37-28-33(14-19-41(37)71-25-23-57-49(69)74-52(7,8)9)27-35(15-18-40(62)31(2)59-46(36)66)45(65)60-32(3)44(64)61-76-47(55)67/h14,16,19-20,28-32,35-36,39H,13,15,17-18,21-27,54H2,1-12H3,(H2,55,67)(H,56,68)(H,57,69)(H,58,70)(H,59,66)(H,60,65)(H,61,64)/t30?,31-,32-,35-,36-,39-/m0/s1. The van der Waals surface area contributed by atoms with Crippen molar-refractivity contribution in [2.45, 2.75) is 162 Å². The number of carbonyl (C=O) groups is 9. The summed E-state index contributed by atoms with van der Waals surface area (Å²) in [7, 11) is 0. The van der Waals surface area contributed by atoms with Crippen molar-refractivity contribution in [3.05, 3.63) is 47.5 Å². The molecule has 0 saturated carbocycles. The predicted octanol–water partition coefficient (Wildman–Crippen LogP) is 5.13. The number of hydroxylamine groups is 1. The second-order valence-electron chi connectivity index (χ2n) is 21.7. The Morgan fingerprint density at radius 3 is 1.76 bits per heavy atom. The van der Waals surface area contributed by atoms with Crippen LogP contribution in [0.1, 0.15) is 132 Å². The number of Topliss-reactive ketones (excluding diaryl/α,β-unsaturated/α-hetero) is 2. The fourth-order valence-corrected chi connectivity index (χ4v) is 7.68. The van der Waals surface area contributed by atoms with Crippen LogP contribution >= 0.6 is 0 Å². The number of hydrogen-bond donors (Lipinski definition) is 8. The van der Waals surface area contributed by atoms with Gasteiger partial charge in [-0.05, 0) is 144 Å². The molecule has 10 N–H and O–H groups in total. The summed E-state index contributed by atoms with van der Waals surface area (Å²) < 4.78 is 28.7. The van der Waals surface area contributed by atoms with Crippen molar-refractivity contribution in [2.75, 3.05) is 32.8 Å². The number of ketones is 2. The molecule has 1 aliphatic heterocycles. The quantitative estimate of drug-likeness (QED) is 0.0514. The first-order chi connectivity index (χ1) is 35.3. The Bertz CT molecular complexity index is 2380. The first-order valence-corrected chi connectivity index (χ1v) is 25.4. The second kappa shape index (κ2) is 28.7. The summed E-state index contributed by atoms with van der Waals surface area (Å²) >= 11 is 0. The Hall–Kier alpha value is -7.17. The summed E-state index contributed by atoms with van der Waals surface area (Å²) in [6.45, 7) is 20.2. The van der Waals surface area contributed by atoms with E-state index in [1.54, 1.807) is 106 Å². The van der Waals surface area contributed by atoms with Gasteiger partial charge in [0.05, 0.1) is 31.1 Å². The van der Waals surface area contributed by atoms with Crippen LogP contribution in [0.4, 0.5) is 19.2 Å². The van der Waals surface area contributed by atoms with Gasteiger partial charge in [-0.2, -0.15) is 5.48 Å². The van der Waals surface area contributed by atoms with E-state index in [0.717, 1.165) is 0 Å². The number of ether oxygens (including phenoxy) is 5. The number of amides is 7. The van der Waals surface area contributed by atoms with Gasteiger partial charge in [0.15, 0.2) is 11.6 Å². The van der Waals surface area contributed by atoms with Gasteiger partial charge in [-0.25, -0.2) is 19.2 Å². The van der Waals surface area contributed by atoms with Gasteiger partial charge in [0.1, 0.15) is 47.6 Å². The molecule has 0 aliphatic carbocycles. The molecule has 2 aromatic carbocycles. The summed E-state index contributed by atoms with van der Waals surface area (Å²) in [5.74, 6) is -4.65. The Kier molecular flexibility index (Phi) is 23.8. The van der Waals surface area contributed by atoms with Crippen LogP contribution in [0.25, 0.3) is 11.1 Å². The molecule has 7 amide bonds. The highest BCUT2D eigenvalue weighted by Crippen LogP contribution is 2.41. The van der Waals surface area contributed by atoms with Gasteiger partial charge >= 0.3 is 24.4 Å². The molecule has 1 aliphatic rings. The summed E-state index contributed by atoms with van der Waals surface area (Å²) in [4.78, 5) is 122. The van der Waals surface area contributed by atoms with E-state index >= 15 is 0 Å². The monoisotopic (exact) mass is 1070 g/mol. The lowest BCUT2D eigenvalue weighted by molar-refractivity contribution is -0.135. The third kappa shape index (κ3) is 22.7. The molecule has 1 heterocycles. The highest BCUT2D eigenvalue weighted by molar-refractivity contribution is 5.93. The fraction of sp³-hybridized carbons (Fsp3) is 0.604. The zero-order chi connectivity index (χ0) is 57.1. The molecule has 0 aromatic heterocycles. The summed E-state index contributed by atoms with van der Waals surface area (Å²) in [5, 5.41) is 13.4. The largest absolute Gasteiger partial charge is 0.491 e. The fourth-order valence-electron chi connectivity index (χ4n) is 7.68. The number of rotatable bonds is 19. The van der Waals surface area contributed by atoms with Crippen LogP contribution in [0.2, 0.25) is 0 Å². The van der Waals surface area contributed by atoms with Crippen LogP contribution in [-0.4, -0.2) is 121 Å². The zero-order valence-electron chi connectivity index (χ0n) is 46.0. The average Bonchev–Trinajstić information content (AvgIpc) is 3.30. The lowest BCUT2D eigenvalue weighted by atomic mass is 9.85.